The molecule has 58 heavy (non-hydrogen) atoms. The van der Waals surface area contributed by atoms with Crippen LogP contribution in [-0.4, -0.2) is 18.9 Å². The lowest BCUT2D eigenvalue weighted by Gasteiger charge is -2.41. The van der Waals surface area contributed by atoms with Crippen LogP contribution in [0.5, 0.6) is 11.5 Å². The summed E-state index contributed by atoms with van der Waals surface area (Å²) < 4.78 is 13.9. The third-order valence-corrected chi connectivity index (χ3v) is 13.7. The predicted molar refractivity (Wildman–Crippen MR) is 235 cm³/mol. The van der Waals surface area contributed by atoms with Gasteiger partial charge in [0.25, 0.3) is 11.8 Å². The van der Waals surface area contributed by atoms with E-state index < -0.39 is 16.4 Å². The van der Waals surface area contributed by atoms with Crippen LogP contribution in [0.2, 0.25) is 0 Å². The predicted octanol–water partition coefficient (Wildman–Crippen LogP) is 11.9. The van der Waals surface area contributed by atoms with Crippen LogP contribution in [0.4, 0.5) is 5.69 Å². The Labute approximate surface area is 347 Å². The van der Waals surface area contributed by atoms with E-state index in [1.807, 2.05) is 66.7 Å². The smallest absolute Gasteiger partial charge is 0.266 e. The lowest BCUT2D eigenvalue weighted by Crippen LogP contribution is -2.38. The van der Waals surface area contributed by atoms with Crippen LogP contribution < -0.4 is 14.4 Å². The van der Waals surface area contributed by atoms with Gasteiger partial charge in [-0.2, -0.15) is 0 Å². The van der Waals surface area contributed by atoms with Gasteiger partial charge in [0, 0.05) is 43.5 Å². The third kappa shape index (κ3) is 5.07. The van der Waals surface area contributed by atoms with Gasteiger partial charge in [0.05, 0.1) is 18.4 Å². The van der Waals surface area contributed by atoms with E-state index in [0.717, 1.165) is 65.7 Å². The number of nitrogens with zero attached hydrogens (tertiary/aromatic N) is 1. The molecule has 2 aliphatic carbocycles. The summed E-state index contributed by atoms with van der Waals surface area (Å²) in [5, 5.41) is 1.95. The number of methoxy groups -OCH3 is 1. The molecular weight excluding hydrogens is 782 g/mol. The molecule has 10 rings (SSSR count). The Morgan fingerprint density at radius 1 is 0.741 bits per heavy atom. The van der Waals surface area contributed by atoms with Gasteiger partial charge in [-0.3, -0.25) is 9.59 Å². The number of hydrogen-bond acceptors (Lipinski definition) is 4. The zero-order chi connectivity index (χ0) is 40.1. The number of rotatable bonds is 6. The number of ether oxygens (including phenoxy) is 2. The highest BCUT2D eigenvalue weighted by Crippen LogP contribution is 2.63. The molecule has 6 aromatic rings. The number of imide groups is 1. The summed E-state index contributed by atoms with van der Waals surface area (Å²) >= 11 is 3.54. The Morgan fingerprint density at radius 2 is 1.36 bits per heavy atom. The molecule has 0 N–H and O–H groups in total. The first-order chi connectivity index (χ1) is 28.0. The molecule has 2 unspecified atom stereocenters. The van der Waals surface area contributed by atoms with Gasteiger partial charge in [-0.05, 0) is 82.0 Å². The van der Waals surface area contributed by atoms with Gasteiger partial charge in [-0.25, -0.2) is 4.90 Å². The molecule has 2 aliphatic heterocycles. The molecular formula is C52H42BrNO4. The fraction of sp³-hybridized carbons (Fsp3) is 0.192. The quantitative estimate of drug-likeness (QED) is 0.157. The first kappa shape index (κ1) is 36.4. The van der Waals surface area contributed by atoms with Crippen molar-refractivity contribution in [2.24, 2.45) is 5.92 Å². The van der Waals surface area contributed by atoms with E-state index >= 15 is 9.59 Å². The highest BCUT2D eigenvalue weighted by atomic mass is 79.9. The number of fused-ring (bicyclic) bond motifs is 8. The van der Waals surface area contributed by atoms with E-state index in [2.05, 4.69) is 123 Å². The van der Waals surface area contributed by atoms with Gasteiger partial charge in [-0.15, -0.1) is 0 Å². The SMILES string of the molecule is COc1ccc(C2(c3ccccc3)C=Cc3c4c(c5ccccc5c3O2)C2=C(CC(C(C)(C)c3ccccc3)C3=C2C(=O)N(c2ccc(Br)cc2)C3=O)C4(C)C)cc1. The molecule has 0 bridgehead atoms. The molecule has 0 saturated heterocycles. The number of hydrogen-bond donors (Lipinski definition) is 0. The van der Waals surface area contributed by atoms with Crippen molar-refractivity contribution in [3.8, 4) is 11.5 Å². The Bertz CT molecular complexity index is 2800. The summed E-state index contributed by atoms with van der Waals surface area (Å²) in [6.07, 6.45) is 5.04. The van der Waals surface area contributed by atoms with Crippen molar-refractivity contribution in [1.29, 1.82) is 0 Å². The zero-order valence-electron chi connectivity index (χ0n) is 33.1. The number of allylic oxidation sites excluding steroid dienone is 1. The molecule has 6 aromatic carbocycles. The van der Waals surface area contributed by atoms with E-state index in [0.29, 0.717) is 23.3 Å². The van der Waals surface area contributed by atoms with Gasteiger partial charge in [0.15, 0.2) is 5.60 Å². The first-order valence-corrected chi connectivity index (χ1v) is 20.6. The van der Waals surface area contributed by atoms with E-state index in [9.17, 15) is 0 Å². The lowest BCUT2D eigenvalue weighted by atomic mass is 9.62. The topological polar surface area (TPSA) is 55.8 Å². The molecule has 0 spiro atoms. The number of carbonyl (C=O) groups excluding carboxylic acids is 2. The maximum atomic E-state index is 15.2. The van der Waals surface area contributed by atoms with Crippen molar-refractivity contribution in [2.45, 2.75) is 50.5 Å². The Hall–Kier alpha value is -5.98. The highest BCUT2D eigenvalue weighted by Gasteiger charge is 2.56. The Kier molecular flexibility index (Phi) is 8.16. The van der Waals surface area contributed by atoms with Crippen molar-refractivity contribution in [2.75, 3.05) is 12.0 Å². The molecule has 2 heterocycles. The number of carbonyl (C=O) groups is 2. The van der Waals surface area contributed by atoms with Crippen LogP contribution in [-0.2, 0) is 26.0 Å². The number of amides is 2. The second kappa shape index (κ2) is 13.0. The molecule has 0 radical (unpaired) electrons. The van der Waals surface area contributed by atoms with Crippen LogP contribution in [0.1, 0.15) is 67.5 Å². The van der Waals surface area contributed by atoms with Crippen LogP contribution >= 0.6 is 15.9 Å². The van der Waals surface area contributed by atoms with Gasteiger partial charge in [0.1, 0.15) is 11.5 Å². The maximum absolute atomic E-state index is 15.2. The Morgan fingerprint density at radius 3 is 2.03 bits per heavy atom. The summed E-state index contributed by atoms with van der Waals surface area (Å²) in [4.78, 5) is 31.7. The normalized spacial score (nSPS) is 20.5. The van der Waals surface area contributed by atoms with Crippen molar-refractivity contribution >= 4 is 55.9 Å². The zero-order valence-corrected chi connectivity index (χ0v) is 34.7. The molecule has 286 valence electrons. The molecule has 5 nitrogen and oxygen atoms in total. The molecule has 0 aromatic heterocycles. The fourth-order valence-electron chi connectivity index (χ4n) is 10.2. The molecule has 0 saturated carbocycles. The molecule has 4 aliphatic rings. The average Bonchev–Trinajstić information content (AvgIpc) is 3.66. The molecule has 2 atom stereocenters. The van der Waals surface area contributed by atoms with Crippen molar-refractivity contribution in [1.82, 2.24) is 0 Å². The van der Waals surface area contributed by atoms with E-state index in [1.54, 1.807) is 7.11 Å². The highest BCUT2D eigenvalue weighted by molar-refractivity contribution is 9.10. The molecule has 2 amide bonds. The van der Waals surface area contributed by atoms with E-state index in [-0.39, 0.29) is 17.7 Å². The van der Waals surface area contributed by atoms with Crippen molar-refractivity contribution in [3.63, 3.8) is 0 Å². The summed E-state index contributed by atoms with van der Waals surface area (Å²) in [5.74, 6) is 0.791. The van der Waals surface area contributed by atoms with E-state index in [4.69, 9.17) is 9.47 Å². The fourth-order valence-corrected chi connectivity index (χ4v) is 10.4. The maximum Gasteiger partial charge on any atom is 0.266 e. The largest absolute Gasteiger partial charge is 0.497 e. The minimum absolute atomic E-state index is 0.244. The molecule has 0 fully saturated rings. The van der Waals surface area contributed by atoms with Gasteiger partial charge >= 0.3 is 0 Å². The number of halogens is 1. The van der Waals surface area contributed by atoms with Gasteiger partial charge in [-0.1, -0.05) is 152 Å². The van der Waals surface area contributed by atoms with Crippen LogP contribution in [0, 0.1) is 5.92 Å². The summed E-state index contributed by atoms with van der Waals surface area (Å²) in [6, 6.07) is 44.7. The van der Waals surface area contributed by atoms with Crippen molar-refractivity contribution < 1.29 is 19.1 Å². The third-order valence-electron chi connectivity index (χ3n) is 13.2. The second-order valence-corrected chi connectivity index (χ2v) is 17.8. The second-order valence-electron chi connectivity index (χ2n) is 16.8. The summed E-state index contributed by atoms with van der Waals surface area (Å²) in [7, 11) is 1.68. The van der Waals surface area contributed by atoms with Crippen LogP contribution in [0.25, 0.3) is 22.4 Å². The average molecular weight is 825 g/mol. The van der Waals surface area contributed by atoms with E-state index in [1.165, 1.54) is 10.5 Å². The number of benzene rings is 6. The van der Waals surface area contributed by atoms with Gasteiger partial charge in [0.2, 0.25) is 0 Å². The van der Waals surface area contributed by atoms with Crippen LogP contribution in [0.3, 0.4) is 0 Å². The standard InChI is InChI=1S/C52H42BrNO4/c1-50(2,31-14-8-6-9-15-31)41-30-40-43(45-44(41)48(55)54(49(45)56)35-24-22-34(53)23-25-35)42-37-18-12-13-19-38(37)47-39(46(42)51(40,3)4)28-29-52(58-47,32-16-10-7-11-17-32)33-20-26-36(57-5)27-21-33/h6-29,41H,30H2,1-5H3. The minimum atomic E-state index is -0.924. The monoisotopic (exact) mass is 823 g/mol. The first-order valence-electron chi connectivity index (χ1n) is 19.8. The van der Waals surface area contributed by atoms with Crippen LogP contribution in [0.15, 0.2) is 161 Å². The molecule has 6 heteroatoms. The van der Waals surface area contributed by atoms with Crippen molar-refractivity contribution in [3.05, 3.63) is 194 Å². The lowest BCUT2D eigenvalue weighted by molar-refractivity contribution is -0.120. The number of anilines is 1. The van der Waals surface area contributed by atoms with Gasteiger partial charge < -0.3 is 9.47 Å². The Balaban J connectivity index is 1.22. The summed E-state index contributed by atoms with van der Waals surface area (Å²) in [5.41, 5.74) is 8.08. The summed E-state index contributed by atoms with van der Waals surface area (Å²) in [6.45, 7) is 9.00. The minimum Gasteiger partial charge on any atom is -0.497 e.